The zero-order valence-corrected chi connectivity index (χ0v) is 9.56. The lowest BCUT2D eigenvalue weighted by Crippen LogP contribution is -2.38. The monoisotopic (exact) mass is 258 g/mol. The van der Waals surface area contributed by atoms with E-state index in [1.807, 2.05) is 4.98 Å². The second kappa shape index (κ2) is 4.16. The highest BCUT2D eigenvalue weighted by Gasteiger charge is 2.46. The molecule has 0 saturated heterocycles. The summed E-state index contributed by atoms with van der Waals surface area (Å²) in [6.07, 6.45) is 3.06. The van der Waals surface area contributed by atoms with Crippen molar-refractivity contribution >= 4 is 0 Å². The fourth-order valence-corrected chi connectivity index (χ4v) is 2.04. The topological polar surface area (TPSA) is 75.1 Å². The number of hydrogen-bond acceptors (Lipinski definition) is 3. The molecule has 0 amide bonds. The molecule has 5 nitrogen and oxygen atoms in total. The van der Waals surface area contributed by atoms with Crippen molar-refractivity contribution in [3.05, 3.63) is 44.8 Å². The molecule has 0 aromatic carbocycles. The predicted molar refractivity (Wildman–Crippen MR) is 59.8 cm³/mol. The maximum atomic E-state index is 13.4. The third-order valence-electron chi connectivity index (χ3n) is 3.09. The average molecular weight is 258 g/mol. The molecule has 1 aliphatic rings. The summed E-state index contributed by atoms with van der Waals surface area (Å²) in [4.78, 5) is 24.8. The van der Waals surface area contributed by atoms with Gasteiger partial charge in [-0.25, -0.2) is 13.6 Å². The second-order valence-electron chi connectivity index (χ2n) is 4.29. The molecule has 1 aliphatic carbocycles. The Morgan fingerprint density at radius 1 is 1.50 bits per heavy atom. The maximum Gasteiger partial charge on any atom is 0.328 e. The molecule has 1 aromatic rings. The Morgan fingerprint density at radius 3 is 2.78 bits per heavy atom. The van der Waals surface area contributed by atoms with Gasteiger partial charge in [-0.05, 0) is 13.0 Å². The van der Waals surface area contributed by atoms with Gasteiger partial charge >= 0.3 is 5.69 Å². The number of rotatable bonds is 2. The number of aliphatic hydroxyl groups is 1. The van der Waals surface area contributed by atoms with Gasteiger partial charge in [0, 0.05) is 11.8 Å². The third kappa shape index (κ3) is 1.90. The van der Waals surface area contributed by atoms with E-state index in [0.29, 0.717) is 6.08 Å². The van der Waals surface area contributed by atoms with Crippen molar-refractivity contribution in [2.24, 2.45) is 5.92 Å². The molecule has 7 heteroatoms. The second-order valence-corrected chi connectivity index (χ2v) is 4.29. The van der Waals surface area contributed by atoms with Crippen molar-refractivity contribution in [2.75, 3.05) is 6.61 Å². The molecule has 1 aromatic heterocycles. The minimum atomic E-state index is -3.16. The van der Waals surface area contributed by atoms with E-state index in [4.69, 9.17) is 5.11 Å². The van der Waals surface area contributed by atoms with Crippen LogP contribution >= 0.6 is 0 Å². The van der Waals surface area contributed by atoms with Crippen LogP contribution in [0, 0.1) is 12.8 Å². The number of aryl methyl sites for hydroxylation is 1. The van der Waals surface area contributed by atoms with Crippen LogP contribution in [0.2, 0.25) is 0 Å². The first-order valence-corrected chi connectivity index (χ1v) is 5.37. The van der Waals surface area contributed by atoms with E-state index >= 15 is 0 Å². The number of aromatic amines is 1. The molecule has 98 valence electrons. The van der Waals surface area contributed by atoms with E-state index in [1.54, 1.807) is 0 Å². The van der Waals surface area contributed by atoms with Crippen LogP contribution in [-0.2, 0) is 0 Å². The van der Waals surface area contributed by atoms with Crippen LogP contribution in [-0.4, -0.2) is 27.2 Å². The molecule has 18 heavy (non-hydrogen) atoms. The number of hydrogen-bond donors (Lipinski definition) is 2. The fourth-order valence-electron chi connectivity index (χ4n) is 2.04. The predicted octanol–water partition coefficient (Wildman–Crippen LogP) is 0.200. The normalized spacial score (nSPS) is 25.6. The molecule has 2 rings (SSSR count). The Balaban J connectivity index is 2.51. The van der Waals surface area contributed by atoms with Crippen molar-refractivity contribution in [3.63, 3.8) is 0 Å². The fraction of sp³-hybridized carbons (Fsp3) is 0.455. The van der Waals surface area contributed by atoms with Crippen molar-refractivity contribution < 1.29 is 13.9 Å². The maximum absolute atomic E-state index is 13.4. The van der Waals surface area contributed by atoms with Crippen LogP contribution in [0.5, 0.6) is 0 Å². The van der Waals surface area contributed by atoms with Crippen LogP contribution < -0.4 is 11.2 Å². The molecule has 1 heterocycles. The smallest absolute Gasteiger partial charge is 0.328 e. The Kier molecular flexibility index (Phi) is 2.94. The van der Waals surface area contributed by atoms with Crippen molar-refractivity contribution in [3.8, 4) is 0 Å². The number of alkyl halides is 2. The minimum absolute atomic E-state index is 0.245. The standard InChI is InChI=1S/C11H12F2N2O3/c1-6-4-15(10(18)14-9(6)17)8-2-3-11(12,13)7(8)5-16/h2-4,7-8,16H,5H2,1H3,(H,14,17,18)/t7-,8-/m0/s1. The average Bonchev–Trinajstić information content (AvgIpc) is 2.58. The van der Waals surface area contributed by atoms with Gasteiger partial charge in [0.05, 0.1) is 18.6 Å². The number of nitrogens with zero attached hydrogens (tertiary/aromatic N) is 1. The van der Waals surface area contributed by atoms with E-state index in [1.165, 1.54) is 19.2 Å². The van der Waals surface area contributed by atoms with Crippen LogP contribution in [0.3, 0.4) is 0 Å². The first kappa shape index (κ1) is 12.7. The SMILES string of the molecule is Cc1cn([C@H]2C=CC(F)(F)[C@H]2CO)c(=O)[nH]c1=O. The van der Waals surface area contributed by atoms with Gasteiger partial charge in [-0.15, -0.1) is 0 Å². The van der Waals surface area contributed by atoms with Gasteiger partial charge in [-0.2, -0.15) is 0 Å². The van der Waals surface area contributed by atoms with Gasteiger partial charge in [-0.1, -0.05) is 6.08 Å². The number of aromatic nitrogens is 2. The largest absolute Gasteiger partial charge is 0.396 e. The number of halogens is 2. The molecule has 2 atom stereocenters. The summed E-state index contributed by atoms with van der Waals surface area (Å²) in [7, 11) is 0. The lowest BCUT2D eigenvalue weighted by molar-refractivity contribution is -0.0352. The van der Waals surface area contributed by atoms with Crippen LogP contribution in [0.25, 0.3) is 0 Å². The molecular formula is C11H12F2N2O3. The number of allylic oxidation sites excluding steroid dienone is 2. The molecular weight excluding hydrogens is 246 g/mol. The minimum Gasteiger partial charge on any atom is -0.396 e. The Labute approximate surface area is 100 Å². The Morgan fingerprint density at radius 2 is 2.17 bits per heavy atom. The summed E-state index contributed by atoms with van der Waals surface area (Å²) in [6, 6.07) is -0.965. The first-order chi connectivity index (χ1) is 8.36. The zero-order chi connectivity index (χ0) is 13.5. The molecule has 0 fully saturated rings. The molecule has 2 N–H and O–H groups in total. The quantitative estimate of drug-likeness (QED) is 0.744. The van der Waals surface area contributed by atoms with E-state index in [0.717, 1.165) is 4.57 Å². The number of nitrogens with one attached hydrogen (secondary N) is 1. The zero-order valence-electron chi connectivity index (χ0n) is 9.56. The molecule has 0 spiro atoms. The van der Waals surface area contributed by atoms with Crippen molar-refractivity contribution in [2.45, 2.75) is 18.9 Å². The first-order valence-electron chi connectivity index (χ1n) is 5.37. The van der Waals surface area contributed by atoms with Gasteiger partial charge in [-0.3, -0.25) is 14.3 Å². The van der Waals surface area contributed by atoms with E-state index in [9.17, 15) is 18.4 Å². The lowest BCUT2D eigenvalue weighted by atomic mass is 10.0. The van der Waals surface area contributed by atoms with E-state index in [2.05, 4.69) is 0 Å². The van der Waals surface area contributed by atoms with Crippen LogP contribution in [0.1, 0.15) is 11.6 Å². The molecule has 0 unspecified atom stereocenters. The molecule has 0 radical (unpaired) electrons. The highest BCUT2D eigenvalue weighted by molar-refractivity contribution is 5.16. The van der Waals surface area contributed by atoms with Crippen molar-refractivity contribution in [1.82, 2.24) is 9.55 Å². The lowest BCUT2D eigenvalue weighted by Gasteiger charge is -2.24. The highest BCUT2D eigenvalue weighted by Crippen LogP contribution is 2.40. The van der Waals surface area contributed by atoms with Crippen LogP contribution in [0.15, 0.2) is 27.9 Å². The van der Waals surface area contributed by atoms with Gasteiger partial charge in [0.1, 0.15) is 0 Å². The summed E-state index contributed by atoms with van der Waals surface area (Å²) < 4.78 is 27.9. The summed E-state index contributed by atoms with van der Waals surface area (Å²) in [5, 5.41) is 9.04. The molecule has 0 aliphatic heterocycles. The van der Waals surface area contributed by atoms with E-state index < -0.39 is 35.7 Å². The summed E-state index contributed by atoms with van der Waals surface area (Å²) in [5.41, 5.74) is -1.07. The molecule has 0 saturated carbocycles. The van der Waals surface area contributed by atoms with Gasteiger partial charge in [0.25, 0.3) is 11.5 Å². The van der Waals surface area contributed by atoms with Gasteiger partial charge < -0.3 is 5.11 Å². The summed E-state index contributed by atoms with van der Waals surface area (Å²) >= 11 is 0. The van der Waals surface area contributed by atoms with E-state index in [-0.39, 0.29) is 5.56 Å². The van der Waals surface area contributed by atoms with Gasteiger partial charge in [0.15, 0.2) is 0 Å². The Bertz CT molecular complexity index is 603. The van der Waals surface area contributed by atoms with Gasteiger partial charge in [0.2, 0.25) is 0 Å². The number of aliphatic hydroxyl groups excluding tert-OH is 1. The van der Waals surface area contributed by atoms with Crippen LogP contribution in [0.4, 0.5) is 8.78 Å². The third-order valence-corrected chi connectivity index (χ3v) is 3.09. The Hall–Kier alpha value is -1.76. The van der Waals surface area contributed by atoms with Crippen molar-refractivity contribution in [1.29, 1.82) is 0 Å². The molecule has 0 bridgehead atoms. The summed E-state index contributed by atoms with van der Waals surface area (Å²) in [5.74, 6) is -4.57. The highest BCUT2D eigenvalue weighted by atomic mass is 19.3. The number of H-pyrrole nitrogens is 1. The summed E-state index contributed by atoms with van der Waals surface area (Å²) in [6.45, 7) is 0.717.